The van der Waals surface area contributed by atoms with Crippen LogP contribution in [0, 0.1) is 25.7 Å². The number of amides is 1. The fourth-order valence-electron chi connectivity index (χ4n) is 2.23. The highest BCUT2D eigenvalue weighted by Crippen LogP contribution is 2.38. The van der Waals surface area contributed by atoms with Crippen molar-refractivity contribution in [3.63, 3.8) is 0 Å². The van der Waals surface area contributed by atoms with Gasteiger partial charge in [0.2, 0.25) is 5.91 Å². The third-order valence-corrected chi connectivity index (χ3v) is 3.39. The number of carboxylic acids is 1. The van der Waals surface area contributed by atoms with Gasteiger partial charge in [-0.3, -0.25) is 14.3 Å². The lowest BCUT2D eigenvalue weighted by atomic mass is 10.3. The Balaban J connectivity index is 1.66. The minimum Gasteiger partial charge on any atom is -0.481 e. The van der Waals surface area contributed by atoms with Crippen molar-refractivity contribution >= 4 is 11.9 Å². The second-order valence-electron chi connectivity index (χ2n) is 5.08. The molecule has 0 unspecified atom stereocenters. The Morgan fingerprint density at radius 1 is 1.47 bits per heavy atom. The third-order valence-electron chi connectivity index (χ3n) is 3.39. The molecule has 0 aromatic carbocycles. The number of hydrogen-bond donors (Lipinski definition) is 2. The molecule has 0 aliphatic heterocycles. The van der Waals surface area contributed by atoms with Crippen LogP contribution in [0.25, 0.3) is 0 Å². The van der Waals surface area contributed by atoms with Gasteiger partial charge in [0.1, 0.15) is 0 Å². The molecule has 0 spiro atoms. The highest BCUT2D eigenvalue weighted by Gasteiger charge is 2.48. The Labute approximate surface area is 111 Å². The van der Waals surface area contributed by atoms with Gasteiger partial charge >= 0.3 is 5.97 Å². The lowest BCUT2D eigenvalue weighted by Gasteiger charge is -2.06. The molecular formula is C13H19N3O3. The van der Waals surface area contributed by atoms with Crippen LogP contribution in [0.5, 0.6) is 0 Å². The second kappa shape index (κ2) is 5.42. The van der Waals surface area contributed by atoms with Crippen molar-refractivity contribution in [2.45, 2.75) is 33.2 Å². The molecule has 0 saturated heterocycles. The van der Waals surface area contributed by atoms with E-state index < -0.39 is 11.9 Å². The molecule has 2 rings (SSSR count). The van der Waals surface area contributed by atoms with Crippen molar-refractivity contribution in [2.24, 2.45) is 11.8 Å². The zero-order valence-corrected chi connectivity index (χ0v) is 11.2. The first-order valence-corrected chi connectivity index (χ1v) is 6.50. The van der Waals surface area contributed by atoms with Crippen LogP contribution in [0.15, 0.2) is 6.07 Å². The van der Waals surface area contributed by atoms with Crippen molar-refractivity contribution in [1.82, 2.24) is 15.1 Å². The monoisotopic (exact) mass is 265 g/mol. The first-order valence-electron chi connectivity index (χ1n) is 6.50. The van der Waals surface area contributed by atoms with E-state index in [4.69, 9.17) is 5.11 Å². The van der Waals surface area contributed by atoms with Crippen LogP contribution >= 0.6 is 0 Å². The van der Waals surface area contributed by atoms with Crippen LogP contribution in [0.4, 0.5) is 0 Å². The number of carboxylic acid groups (broad SMARTS) is 1. The molecule has 1 aromatic heterocycles. The summed E-state index contributed by atoms with van der Waals surface area (Å²) in [6, 6.07) is 2.01. The topological polar surface area (TPSA) is 84.2 Å². The molecule has 6 heteroatoms. The van der Waals surface area contributed by atoms with E-state index in [1.54, 1.807) is 0 Å². The second-order valence-corrected chi connectivity index (χ2v) is 5.08. The minimum atomic E-state index is -0.872. The predicted octanol–water partition coefficient (Wildman–Crippen LogP) is 0.727. The number of aliphatic carboxylic acids is 1. The quantitative estimate of drug-likeness (QED) is 0.743. The van der Waals surface area contributed by atoms with Gasteiger partial charge in [-0.1, -0.05) is 0 Å². The zero-order chi connectivity index (χ0) is 14.0. The average Bonchev–Trinajstić information content (AvgIpc) is 3.07. The minimum absolute atomic E-state index is 0.138. The molecule has 2 N–H and O–H groups in total. The Hall–Kier alpha value is -1.85. The summed E-state index contributed by atoms with van der Waals surface area (Å²) in [5, 5.41) is 15.9. The van der Waals surface area contributed by atoms with Gasteiger partial charge in [0.25, 0.3) is 0 Å². The van der Waals surface area contributed by atoms with Gasteiger partial charge in [0.05, 0.1) is 17.5 Å². The van der Waals surface area contributed by atoms with Crippen LogP contribution in [0.1, 0.15) is 24.2 Å². The van der Waals surface area contributed by atoms with E-state index >= 15 is 0 Å². The van der Waals surface area contributed by atoms with Crippen molar-refractivity contribution in [1.29, 1.82) is 0 Å². The zero-order valence-electron chi connectivity index (χ0n) is 11.2. The lowest BCUT2D eigenvalue weighted by molar-refractivity contribution is -0.140. The summed E-state index contributed by atoms with van der Waals surface area (Å²) < 4.78 is 1.92. The maximum absolute atomic E-state index is 11.6. The highest BCUT2D eigenvalue weighted by molar-refractivity contribution is 5.89. The number of carbonyl (C=O) groups is 2. The molecule has 1 amide bonds. The third kappa shape index (κ3) is 3.33. The first kappa shape index (κ1) is 13.6. The summed E-state index contributed by atoms with van der Waals surface area (Å²) in [4.78, 5) is 22.2. The SMILES string of the molecule is Cc1cc(C)n(CCCNC(=O)[C@H]2C[C@H]2C(=O)O)n1. The normalized spacial score (nSPS) is 21.2. The Morgan fingerprint density at radius 3 is 2.74 bits per heavy atom. The number of nitrogens with one attached hydrogen (secondary N) is 1. The van der Waals surface area contributed by atoms with E-state index in [2.05, 4.69) is 10.4 Å². The molecule has 1 aromatic rings. The number of nitrogens with zero attached hydrogens (tertiary/aromatic N) is 2. The Morgan fingerprint density at radius 2 is 2.21 bits per heavy atom. The maximum atomic E-state index is 11.6. The Bertz CT molecular complexity index is 495. The number of hydrogen-bond acceptors (Lipinski definition) is 3. The molecule has 19 heavy (non-hydrogen) atoms. The molecule has 1 heterocycles. The van der Waals surface area contributed by atoms with E-state index in [9.17, 15) is 9.59 Å². The summed E-state index contributed by atoms with van der Waals surface area (Å²) in [5.41, 5.74) is 2.10. The molecule has 1 saturated carbocycles. The number of aromatic nitrogens is 2. The van der Waals surface area contributed by atoms with E-state index in [-0.39, 0.29) is 11.8 Å². The van der Waals surface area contributed by atoms with Crippen LogP contribution < -0.4 is 5.32 Å². The fourth-order valence-corrected chi connectivity index (χ4v) is 2.23. The van der Waals surface area contributed by atoms with Crippen LogP contribution in [-0.4, -0.2) is 33.3 Å². The summed E-state index contributed by atoms with van der Waals surface area (Å²) in [6.45, 7) is 5.26. The van der Waals surface area contributed by atoms with Crippen molar-refractivity contribution < 1.29 is 14.7 Å². The van der Waals surface area contributed by atoms with Crippen molar-refractivity contribution in [3.8, 4) is 0 Å². The Kier molecular flexibility index (Phi) is 3.87. The van der Waals surface area contributed by atoms with Crippen LogP contribution in [0.3, 0.4) is 0 Å². The molecular weight excluding hydrogens is 246 g/mol. The van der Waals surface area contributed by atoms with Gasteiger partial charge in [-0.25, -0.2) is 0 Å². The molecule has 0 radical (unpaired) electrons. The molecule has 1 aliphatic rings. The summed E-state index contributed by atoms with van der Waals surface area (Å²) in [7, 11) is 0. The van der Waals surface area contributed by atoms with Gasteiger partial charge in [0, 0.05) is 18.8 Å². The number of aryl methyl sites for hydroxylation is 3. The molecule has 104 valence electrons. The van der Waals surface area contributed by atoms with Gasteiger partial charge in [-0.05, 0) is 32.8 Å². The van der Waals surface area contributed by atoms with Crippen LogP contribution in [0.2, 0.25) is 0 Å². The first-order chi connectivity index (χ1) is 8.99. The predicted molar refractivity (Wildman–Crippen MR) is 68.6 cm³/mol. The fraction of sp³-hybridized carbons (Fsp3) is 0.615. The molecule has 1 fully saturated rings. The van der Waals surface area contributed by atoms with E-state index in [0.717, 1.165) is 24.4 Å². The van der Waals surface area contributed by atoms with Crippen molar-refractivity contribution in [3.05, 3.63) is 17.5 Å². The number of carbonyl (C=O) groups excluding carboxylic acids is 1. The van der Waals surface area contributed by atoms with Gasteiger partial charge in [-0.15, -0.1) is 0 Å². The van der Waals surface area contributed by atoms with Gasteiger partial charge in [0.15, 0.2) is 0 Å². The highest BCUT2D eigenvalue weighted by atomic mass is 16.4. The van der Waals surface area contributed by atoms with Gasteiger partial charge < -0.3 is 10.4 Å². The van der Waals surface area contributed by atoms with E-state index in [1.807, 2.05) is 24.6 Å². The molecule has 0 bridgehead atoms. The maximum Gasteiger partial charge on any atom is 0.307 e. The van der Waals surface area contributed by atoms with Gasteiger partial charge in [-0.2, -0.15) is 5.10 Å². The molecule has 6 nitrogen and oxygen atoms in total. The standard InChI is InChI=1S/C13H19N3O3/c1-8-6-9(2)16(15-8)5-3-4-14-12(17)10-7-11(10)13(18)19/h6,10-11H,3-5,7H2,1-2H3,(H,14,17)(H,18,19)/t10-,11+/m0/s1. The molecule has 1 aliphatic carbocycles. The summed E-state index contributed by atoms with van der Waals surface area (Å²) >= 11 is 0. The van der Waals surface area contributed by atoms with E-state index in [0.29, 0.717) is 13.0 Å². The van der Waals surface area contributed by atoms with Crippen molar-refractivity contribution in [2.75, 3.05) is 6.54 Å². The summed E-state index contributed by atoms with van der Waals surface area (Å²) in [6.07, 6.45) is 1.26. The largest absolute Gasteiger partial charge is 0.481 e. The molecule has 2 atom stereocenters. The van der Waals surface area contributed by atoms with E-state index in [1.165, 1.54) is 0 Å². The van der Waals surface area contributed by atoms with Crippen LogP contribution in [-0.2, 0) is 16.1 Å². The average molecular weight is 265 g/mol. The summed E-state index contributed by atoms with van der Waals surface area (Å²) in [5.74, 6) is -1.81. The lowest BCUT2D eigenvalue weighted by Crippen LogP contribution is -2.28. The number of rotatable bonds is 6. The smallest absolute Gasteiger partial charge is 0.307 e.